The van der Waals surface area contributed by atoms with Gasteiger partial charge in [-0.3, -0.25) is 9.69 Å². The van der Waals surface area contributed by atoms with Gasteiger partial charge in [0.1, 0.15) is 5.78 Å². The van der Waals surface area contributed by atoms with Crippen LogP contribution < -0.4 is 0 Å². The molecule has 0 bridgehead atoms. The zero-order valence-corrected chi connectivity index (χ0v) is 14.8. The van der Waals surface area contributed by atoms with Crippen molar-refractivity contribution >= 4 is 5.78 Å². The molecule has 1 unspecified atom stereocenters. The van der Waals surface area contributed by atoms with Crippen LogP contribution in [0.25, 0.3) is 0 Å². The van der Waals surface area contributed by atoms with E-state index < -0.39 is 5.60 Å². The molecule has 22 heavy (non-hydrogen) atoms. The van der Waals surface area contributed by atoms with Gasteiger partial charge in [0, 0.05) is 24.9 Å². The Hall–Kier alpha value is -0.670. The van der Waals surface area contributed by atoms with Gasteiger partial charge >= 0.3 is 0 Å². The Morgan fingerprint density at radius 1 is 1.50 bits per heavy atom. The third kappa shape index (κ3) is 4.20. The van der Waals surface area contributed by atoms with Crippen molar-refractivity contribution in [3.63, 3.8) is 0 Å². The van der Waals surface area contributed by atoms with Gasteiger partial charge in [-0.1, -0.05) is 38.8 Å². The topological polar surface area (TPSA) is 40.5 Å². The van der Waals surface area contributed by atoms with E-state index in [1.807, 2.05) is 13.8 Å². The van der Waals surface area contributed by atoms with Crippen molar-refractivity contribution in [2.24, 2.45) is 11.8 Å². The highest BCUT2D eigenvalue weighted by Gasteiger charge is 2.43. The monoisotopic (exact) mass is 307 g/mol. The lowest BCUT2D eigenvalue weighted by Crippen LogP contribution is -2.52. The summed E-state index contributed by atoms with van der Waals surface area (Å²) in [4.78, 5) is 14.6. The van der Waals surface area contributed by atoms with Crippen molar-refractivity contribution in [3.8, 4) is 0 Å². The molecule has 0 saturated carbocycles. The number of allylic oxidation sites excluding steroid dienone is 1. The van der Waals surface area contributed by atoms with E-state index in [1.165, 1.54) is 12.0 Å². The highest BCUT2D eigenvalue weighted by molar-refractivity contribution is 5.81. The number of ketones is 1. The Balaban J connectivity index is 1.95. The fourth-order valence-electron chi connectivity index (χ4n) is 4.30. The minimum absolute atomic E-state index is 0.184. The van der Waals surface area contributed by atoms with Gasteiger partial charge in [0.25, 0.3) is 0 Å². The molecular weight excluding hydrogens is 274 g/mol. The van der Waals surface area contributed by atoms with Crippen LogP contribution in [0.3, 0.4) is 0 Å². The largest absolute Gasteiger partial charge is 0.388 e. The number of fused-ring (bicyclic) bond motifs is 1. The lowest BCUT2D eigenvalue weighted by atomic mass is 9.82. The van der Waals surface area contributed by atoms with E-state index in [4.69, 9.17) is 0 Å². The van der Waals surface area contributed by atoms with Crippen LogP contribution in [0.2, 0.25) is 0 Å². The van der Waals surface area contributed by atoms with Crippen LogP contribution in [0, 0.1) is 11.8 Å². The number of aliphatic hydroxyl groups is 1. The number of carbonyl (C=O) groups excluding carboxylic acids is 1. The standard InChI is InChI=1S/C19H33NO2/c1-5-7-15(3)17(21)11-14(2)10-16-12-19(4,22)18-8-6-9-20(18)13-16/h10,14-15,18,22H,5-9,11-13H2,1-4H3/b16-10-/t14-,15?,18-,19-/m0/s1. The maximum atomic E-state index is 12.2. The number of Topliss-reactive ketones (excluding diaryl/α,β-unsaturated/α-hetero) is 1. The van der Waals surface area contributed by atoms with Crippen molar-refractivity contribution in [1.82, 2.24) is 4.90 Å². The fourth-order valence-corrected chi connectivity index (χ4v) is 4.30. The van der Waals surface area contributed by atoms with Crippen LogP contribution >= 0.6 is 0 Å². The fraction of sp³-hybridized carbons (Fsp3) is 0.842. The number of hydrogen-bond acceptors (Lipinski definition) is 3. The summed E-state index contributed by atoms with van der Waals surface area (Å²) in [7, 11) is 0. The molecule has 0 aromatic carbocycles. The third-order valence-electron chi connectivity index (χ3n) is 5.39. The van der Waals surface area contributed by atoms with Gasteiger partial charge in [0.2, 0.25) is 0 Å². The number of rotatable bonds is 6. The molecule has 4 atom stereocenters. The molecule has 2 aliphatic heterocycles. The van der Waals surface area contributed by atoms with Crippen LogP contribution in [0.15, 0.2) is 11.6 Å². The first kappa shape index (κ1) is 17.7. The lowest BCUT2D eigenvalue weighted by Gasteiger charge is -2.43. The van der Waals surface area contributed by atoms with Crippen LogP contribution in [-0.2, 0) is 4.79 Å². The number of carbonyl (C=O) groups is 1. The minimum Gasteiger partial charge on any atom is -0.388 e. The summed E-state index contributed by atoms with van der Waals surface area (Å²) in [5, 5.41) is 10.7. The smallest absolute Gasteiger partial charge is 0.136 e. The highest BCUT2D eigenvalue weighted by Crippen LogP contribution is 2.37. The molecule has 1 N–H and O–H groups in total. The van der Waals surface area contributed by atoms with E-state index in [0.29, 0.717) is 18.2 Å². The molecule has 0 aromatic heterocycles. The van der Waals surface area contributed by atoms with Crippen molar-refractivity contribution in [3.05, 3.63) is 11.6 Å². The van der Waals surface area contributed by atoms with E-state index in [-0.39, 0.29) is 11.8 Å². The van der Waals surface area contributed by atoms with Crippen molar-refractivity contribution in [1.29, 1.82) is 0 Å². The SMILES string of the molecule is CCCC(C)C(=O)C[C@@H](C)/C=C1\CN2CCC[C@H]2[C@@](C)(O)C1. The van der Waals surface area contributed by atoms with E-state index in [1.54, 1.807) is 0 Å². The van der Waals surface area contributed by atoms with E-state index in [9.17, 15) is 9.90 Å². The predicted octanol–water partition coefficient (Wildman–Crippen LogP) is 3.56. The molecule has 2 aliphatic rings. The summed E-state index contributed by atoms with van der Waals surface area (Å²) >= 11 is 0. The Bertz CT molecular complexity index is 427. The van der Waals surface area contributed by atoms with Gasteiger partial charge in [0.15, 0.2) is 0 Å². The quantitative estimate of drug-likeness (QED) is 0.763. The number of nitrogens with zero attached hydrogens (tertiary/aromatic N) is 1. The molecule has 3 heteroatoms. The summed E-state index contributed by atoms with van der Waals surface area (Å²) in [6.07, 6.45) is 8.01. The molecular formula is C19H33NO2. The second-order valence-corrected chi connectivity index (χ2v) is 7.82. The molecule has 2 saturated heterocycles. The molecule has 126 valence electrons. The van der Waals surface area contributed by atoms with Gasteiger partial charge in [0.05, 0.1) is 5.60 Å². The molecule has 0 spiro atoms. The molecule has 2 rings (SSSR count). The third-order valence-corrected chi connectivity index (χ3v) is 5.39. The molecule has 3 nitrogen and oxygen atoms in total. The Morgan fingerprint density at radius 3 is 2.91 bits per heavy atom. The normalized spacial score (nSPS) is 33.7. The predicted molar refractivity (Wildman–Crippen MR) is 90.8 cm³/mol. The summed E-state index contributed by atoms with van der Waals surface area (Å²) in [5.41, 5.74) is 0.700. The Kier molecular flexibility index (Phi) is 5.84. The molecule has 2 fully saturated rings. The zero-order chi connectivity index (χ0) is 16.3. The van der Waals surface area contributed by atoms with E-state index in [2.05, 4.69) is 24.8 Å². The van der Waals surface area contributed by atoms with Crippen LogP contribution in [0.5, 0.6) is 0 Å². The molecule has 0 aliphatic carbocycles. The van der Waals surface area contributed by atoms with E-state index >= 15 is 0 Å². The molecule has 0 aromatic rings. The lowest BCUT2D eigenvalue weighted by molar-refractivity contribution is -0.123. The van der Waals surface area contributed by atoms with Crippen molar-refractivity contribution < 1.29 is 9.90 Å². The first-order chi connectivity index (χ1) is 10.3. The number of piperidine rings is 1. The summed E-state index contributed by atoms with van der Waals surface area (Å²) in [6.45, 7) is 10.4. The van der Waals surface area contributed by atoms with Gasteiger partial charge in [-0.25, -0.2) is 0 Å². The number of hydrogen-bond donors (Lipinski definition) is 1. The zero-order valence-electron chi connectivity index (χ0n) is 14.8. The van der Waals surface area contributed by atoms with Crippen LogP contribution in [-0.4, -0.2) is 40.5 Å². The van der Waals surface area contributed by atoms with Gasteiger partial charge in [-0.15, -0.1) is 0 Å². The molecule has 2 heterocycles. The second-order valence-electron chi connectivity index (χ2n) is 7.82. The first-order valence-corrected chi connectivity index (χ1v) is 9.02. The molecule has 0 amide bonds. The van der Waals surface area contributed by atoms with Crippen LogP contribution in [0.1, 0.15) is 66.2 Å². The van der Waals surface area contributed by atoms with Crippen molar-refractivity contribution in [2.75, 3.05) is 13.1 Å². The summed E-state index contributed by atoms with van der Waals surface area (Å²) < 4.78 is 0. The maximum absolute atomic E-state index is 12.2. The average molecular weight is 307 g/mol. The first-order valence-electron chi connectivity index (χ1n) is 9.02. The minimum atomic E-state index is -0.611. The average Bonchev–Trinajstić information content (AvgIpc) is 2.87. The van der Waals surface area contributed by atoms with Gasteiger partial charge in [-0.05, 0) is 45.1 Å². The molecule has 0 radical (unpaired) electrons. The van der Waals surface area contributed by atoms with Gasteiger partial charge < -0.3 is 5.11 Å². The Morgan fingerprint density at radius 2 is 2.23 bits per heavy atom. The van der Waals surface area contributed by atoms with Gasteiger partial charge in [-0.2, -0.15) is 0 Å². The summed E-state index contributed by atoms with van der Waals surface area (Å²) in [6, 6.07) is 0.325. The second kappa shape index (κ2) is 7.27. The maximum Gasteiger partial charge on any atom is 0.136 e. The van der Waals surface area contributed by atoms with Crippen molar-refractivity contribution in [2.45, 2.75) is 77.9 Å². The van der Waals surface area contributed by atoms with E-state index in [0.717, 1.165) is 38.8 Å². The van der Waals surface area contributed by atoms with Crippen LogP contribution in [0.4, 0.5) is 0 Å². The summed E-state index contributed by atoms with van der Waals surface area (Å²) in [5.74, 6) is 0.841. The Labute approximate surface area is 135 Å². The highest BCUT2D eigenvalue weighted by atomic mass is 16.3.